The molecule has 0 fully saturated rings. The van der Waals surface area contributed by atoms with E-state index in [1.54, 1.807) is 6.07 Å². The van der Waals surface area contributed by atoms with Gasteiger partial charge in [-0.1, -0.05) is 29.8 Å². The van der Waals surface area contributed by atoms with E-state index in [1.165, 1.54) is 6.07 Å². The molecule has 3 nitrogen and oxygen atoms in total. The van der Waals surface area contributed by atoms with Gasteiger partial charge in [0.1, 0.15) is 11.6 Å². The molecule has 1 aromatic carbocycles. The Balaban J connectivity index is 2.21. The Morgan fingerprint density at radius 2 is 2.10 bits per heavy atom. The lowest BCUT2D eigenvalue weighted by Gasteiger charge is -2.13. The highest BCUT2D eigenvalue weighted by atomic mass is 79.9. The molecule has 0 bridgehead atoms. The molecule has 0 radical (unpaired) electrons. The molecule has 108 valence electrons. The summed E-state index contributed by atoms with van der Waals surface area (Å²) in [4.78, 5) is 4.35. The number of aryl methyl sites for hydroxylation is 1. The third-order valence-corrected chi connectivity index (χ3v) is 3.55. The summed E-state index contributed by atoms with van der Waals surface area (Å²) in [5.41, 5.74) is 2.03. The van der Waals surface area contributed by atoms with Gasteiger partial charge in [-0.05, 0) is 30.7 Å². The first-order valence-electron chi connectivity index (χ1n) is 6.65. The predicted octanol–water partition coefficient (Wildman–Crippen LogP) is 3.64. The van der Waals surface area contributed by atoms with Crippen molar-refractivity contribution in [2.45, 2.75) is 39.9 Å². The summed E-state index contributed by atoms with van der Waals surface area (Å²) in [5, 5.41) is 3.38. The zero-order valence-corrected chi connectivity index (χ0v) is 13.5. The molecule has 0 saturated heterocycles. The monoisotopic (exact) mass is 339 g/mol. The fraction of sp³-hybridized carbons (Fsp3) is 0.400. The topological polar surface area (TPSA) is 29.9 Å². The Morgan fingerprint density at radius 3 is 2.75 bits per heavy atom. The molecule has 0 spiro atoms. The van der Waals surface area contributed by atoms with Crippen molar-refractivity contribution in [1.82, 2.24) is 14.9 Å². The highest BCUT2D eigenvalue weighted by molar-refractivity contribution is 9.10. The number of benzene rings is 1. The van der Waals surface area contributed by atoms with Crippen LogP contribution in [0.3, 0.4) is 0 Å². The van der Waals surface area contributed by atoms with Gasteiger partial charge in [-0.2, -0.15) is 0 Å². The molecule has 5 heteroatoms. The SMILES string of the molecule is Cc1ncc(CNC(C)C)n1Cc1cc(F)cc(Br)c1. The molecule has 0 unspecified atom stereocenters. The summed E-state index contributed by atoms with van der Waals surface area (Å²) in [7, 11) is 0. The van der Waals surface area contributed by atoms with E-state index in [1.807, 2.05) is 19.2 Å². The quantitative estimate of drug-likeness (QED) is 0.901. The minimum atomic E-state index is -0.228. The van der Waals surface area contributed by atoms with E-state index in [-0.39, 0.29) is 5.82 Å². The number of imidazole rings is 1. The second kappa shape index (κ2) is 6.50. The van der Waals surface area contributed by atoms with Gasteiger partial charge in [0.05, 0.1) is 5.69 Å². The number of hydrogen-bond acceptors (Lipinski definition) is 2. The van der Waals surface area contributed by atoms with Gasteiger partial charge in [-0.25, -0.2) is 9.37 Å². The molecule has 2 aromatic rings. The first-order chi connectivity index (χ1) is 9.45. The maximum atomic E-state index is 13.4. The first kappa shape index (κ1) is 15.2. The number of nitrogens with zero attached hydrogens (tertiary/aromatic N) is 2. The van der Waals surface area contributed by atoms with Crippen LogP contribution in [0.4, 0.5) is 4.39 Å². The van der Waals surface area contributed by atoms with E-state index in [0.29, 0.717) is 12.6 Å². The average Bonchev–Trinajstić information content (AvgIpc) is 2.67. The van der Waals surface area contributed by atoms with Gasteiger partial charge in [0.25, 0.3) is 0 Å². The molecule has 0 aliphatic heterocycles. The lowest BCUT2D eigenvalue weighted by atomic mass is 10.2. The Bertz CT molecular complexity index is 573. The number of hydrogen-bond donors (Lipinski definition) is 1. The highest BCUT2D eigenvalue weighted by Crippen LogP contribution is 2.17. The van der Waals surface area contributed by atoms with Gasteiger partial charge in [-0.3, -0.25) is 0 Å². The smallest absolute Gasteiger partial charge is 0.124 e. The van der Waals surface area contributed by atoms with Crippen molar-refractivity contribution in [2.75, 3.05) is 0 Å². The standard InChI is InChI=1S/C15H19BrFN3/c1-10(2)18-7-15-8-19-11(3)20(15)9-12-4-13(16)6-14(17)5-12/h4-6,8,10,18H,7,9H2,1-3H3. The maximum absolute atomic E-state index is 13.4. The second-order valence-electron chi connectivity index (χ2n) is 5.20. The molecule has 0 saturated carbocycles. The highest BCUT2D eigenvalue weighted by Gasteiger charge is 2.09. The van der Waals surface area contributed by atoms with Crippen molar-refractivity contribution in [3.63, 3.8) is 0 Å². The normalized spacial score (nSPS) is 11.3. The van der Waals surface area contributed by atoms with Crippen LogP contribution in [-0.2, 0) is 13.1 Å². The van der Waals surface area contributed by atoms with Crippen LogP contribution in [0.5, 0.6) is 0 Å². The molecule has 2 rings (SSSR count). The van der Waals surface area contributed by atoms with Gasteiger partial charge in [-0.15, -0.1) is 0 Å². The van der Waals surface area contributed by atoms with E-state index in [9.17, 15) is 4.39 Å². The molecule has 1 heterocycles. The molecular formula is C15H19BrFN3. The van der Waals surface area contributed by atoms with Crippen LogP contribution >= 0.6 is 15.9 Å². The van der Waals surface area contributed by atoms with Crippen molar-refractivity contribution < 1.29 is 4.39 Å². The summed E-state index contributed by atoms with van der Waals surface area (Å²) in [6.45, 7) is 7.56. The second-order valence-corrected chi connectivity index (χ2v) is 6.11. The third kappa shape index (κ3) is 3.90. The summed E-state index contributed by atoms with van der Waals surface area (Å²) in [5.74, 6) is 0.708. The first-order valence-corrected chi connectivity index (χ1v) is 7.44. The van der Waals surface area contributed by atoms with Crippen molar-refractivity contribution in [3.05, 3.63) is 51.8 Å². The van der Waals surface area contributed by atoms with Gasteiger partial charge in [0.2, 0.25) is 0 Å². The number of rotatable bonds is 5. The summed E-state index contributed by atoms with van der Waals surface area (Å²) < 4.78 is 16.3. The van der Waals surface area contributed by atoms with E-state index in [4.69, 9.17) is 0 Å². The number of aromatic nitrogens is 2. The van der Waals surface area contributed by atoms with Crippen LogP contribution in [0.1, 0.15) is 30.9 Å². The van der Waals surface area contributed by atoms with Crippen molar-refractivity contribution in [3.8, 4) is 0 Å². The Morgan fingerprint density at radius 1 is 1.35 bits per heavy atom. The molecule has 20 heavy (non-hydrogen) atoms. The zero-order chi connectivity index (χ0) is 14.7. The number of halogens is 2. The molecule has 0 aliphatic carbocycles. The lowest BCUT2D eigenvalue weighted by molar-refractivity contribution is 0.561. The van der Waals surface area contributed by atoms with Gasteiger partial charge in [0, 0.05) is 29.8 Å². The number of nitrogens with one attached hydrogen (secondary N) is 1. The van der Waals surface area contributed by atoms with Crippen LogP contribution in [0.15, 0.2) is 28.9 Å². The maximum Gasteiger partial charge on any atom is 0.124 e. The summed E-state index contributed by atoms with van der Waals surface area (Å²) in [6, 6.07) is 5.37. The zero-order valence-electron chi connectivity index (χ0n) is 12.0. The van der Waals surface area contributed by atoms with E-state index >= 15 is 0 Å². The van der Waals surface area contributed by atoms with Crippen LogP contribution in [0.25, 0.3) is 0 Å². The Hall–Kier alpha value is -1.20. The lowest BCUT2D eigenvalue weighted by Crippen LogP contribution is -2.23. The molecule has 1 N–H and O–H groups in total. The van der Waals surface area contributed by atoms with Crippen LogP contribution in [0.2, 0.25) is 0 Å². The Labute approximate surface area is 127 Å². The minimum absolute atomic E-state index is 0.228. The van der Waals surface area contributed by atoms with Crippen LogP contribution in [-0.4, -0.2) is 15.6 Å². The summed E-state index contributed by atoms with van der Waals surface area (Å²) in [6.07, 6.45) is 1.87. The molecular weight excluding hydrogens is 321 g/mol. The van der Waals surface area contributed by atoms with Crippen LogP contribution in [0, 0.1) is 12.7 Å². The van der Waals surface area contributed by atoms with E-state index in [0.717, 1.165) is 28.1 Å². The Kier molecular flexibility index (Phi) is 4.94. The van der Waals surface area contributed by atoms with Crippen molar-refractivity contribution in [1.29, 1.82) is 0 Å². The molecule has 0 amide bonds. The summed E-state index contributed by atoms with van der Waals surface area (Å²) >= 11 is 3.33. The van der Waals surface area contributed by atoms with E-state index < -0.39 is 0 Å². The van der Waals surface area contributed by atoms with Gasteiger partial charge in [0.15, 0.2) is 0 Å². The van der Waals surface area contributed by atoms with Crippen LogP contribution < -0.4 is 5.32 Å². The van der Waals surface area contributed by atoms with Gasteiger partial charge >= 0.3 is 0 Å². The third-order valence-electron chi connectivity index (χ3n) is 3.09. The molecule has 0 atom stereocenters. The van der Waals surface area contributed by atoms with Gasteiger partial charge < -0.3 is 9.88 Å². The average molecular weight is 340 g/mol. The largest absolute Gasteiger partial charge is 0.327 e. The van der Waals surface area contributed by atoms with Crippen molar-refractivity contribution in [2.24, 2.45) is 0 Å². The fourth-order valence-corrected chi connectivity index (χ4v) is 2.58. The predicted molar refractivity (Wildman–Crippen MR) is 82.1 cm³/mol. The molecule has 1 aromatic heterocycles. The van der Waals surface area contributed by atoms with Crippen molar-refractivity contribution >= 4 is 15.9 Å². The van der Waals surface area contributed by atoms with E-state index in [2.05, 4.69) is 44.6 Å². The fourth-order valence-electron chi connectivity index (χ4n) is 2.07. The minimum Gasteiger partial charge on any atom is -0.327 e. The molecule has 0 aliphatic rings.